The van der Waals surface area contributed by atoms with Gasteiger partial charge < -0.3 is 15.4 Å². The molecule has 1 aromatic carbocycles. The molecule has 0 atom stereocenters. The summed E-state index contributed by atoms with van der Waals surface area (Å²) in [4.78, 5) is 15.4. The fourth-order valence-electron chi connectivity index (χ4n) is 2.30. The molecule has 0 radical (unpaired) electrons. The highest BCUT2D eigenvalue weighted by atomic mass is 127. The molecule has 2 N–H and O–H groups in total. The van der Waals surface area contributed by atoms with Crippen LogP contribution in [0.15, 0.2) is 29.3 Å². The van der Waals surface area contributed by atoms with E-state index in [1.54, 1.807) is 7.05 Å². The molecule has 5 nitrogen and oxygen atoms in total. The van der Waals surface area contributed by atoms with Crippen LogP contribution in [0.25, 0.3) is 0 Å². The Kier molecular flexibility index (Phi) is 14.2. The summed E-state index contributed by atoms with van der Waals surface area (Å²) in [6.45, 7) is 6.04. The van der Waals surface area contributed by atoms with Crippen molar-refractivity contribution in [1.82, 2.24) is 10.6 Å². The van der Waals surface area contributed by atoms with Crippen LogP contribution >= 0.6 is 24.0 Å². The van der Waals surface area contributed by atoms with Gasteiger partial charge in [-0.2, -0.15) is 0 Å². The van der Waals surface area contributed by atoms with Crippen molar-refractivity contribution in [2.24, 2.45) is 4.99 Å². The number of unbranched alkanes of at least 4 members (excludes halogenated alkanes) is 3. The first-order valence-electron chi connectivity index (χ1n) is 8.81. The number of aryl methyl sites for hydroxylation is 1. The van der Waals surface area contributed by atoms with E-state index in [2.05, 4.69) is 46.8 Å². The van der Waals surface area contributed by atoms with E-state index in [4.69, 9.17) is 4.74 Å². The molecule has 0 bridgehead atoms. The van der Waals surface area contributed by atoms with Gasteiger partial charge in [0, 0.05) is 26.6 Å². The van der Waals surface area contributed by atoms with Crippen molar-refractivity contribution in [2.45, 2.75) is 52.5 Å². The number of aliphatic imine (C=N–C) groups is 1. The number of ether oxygens (including phenoxy) is 1. The number of benzene rings is 1. The van der Waals surface area contributed by atoms with Crippen molar-refractivity contribution in [3.8, 4) is 0 Å². The predicted octanol–water partition coefficient (Wildman–Crippen LogP) is 3.79. The number of guanidine groups is 1. The average Bonchev–Trinajstić information content (AvgIpc) is 2.58. The minimum absolute atomic E-state index is 0. The zero-order chi connectivity index (χ0) is 17.6. The Balaban J connectivity index is 0.00000576. The summed E-state index contributed by atoms with van der Waals surface area (Å²) < 4.78 is 4.91. The molecule has 0 aromatic heterocycles. The molecule has 0 fully saturated rings. The summed E-state index contributed by atoms with van der Waals surface area (Å²) in [5.74, 6) is 0.735. The highest BCUT2D eigenvalue weighted by Gasteiger charge is 2.01. The van der Waals surface area contributed by atoms with Crippen LogP contribution in [-0.4, -0.2) is 32.1 Å². The van der Waals surface area contributed by atoms with Gasteiger partial charge in [-0.05, 0) is 32.3 Å². The SMILES string of the molecule is CCOC(=O)CCCCCCNC(=NC)NCc1ccc(C)cc1.I. The van der Waals surface area contributed by atoms with Gasteiger partial charge in [0.2, 0.25) is 0 Å². The van der Waals surface area contributed by atoms with Gasteiger partial charge in [-0.15, -0.1) is 24.0 Å². The summed E-state index contributed by atoms with van der Waals surface area (Å²) in [6.07, 6.45) is 4.64. The number of nitrogens with one attached hydrogen (secondary N) is 2. The van der Waals surface area contributed by atoms with Crippen molar-refractivity contribution in [2.75, 3.05) is 20.2 Å². The molecule has 0 saturated carbocycles. The highest BCUT2D eigenvalue weighted by Crippen LogP contribution is 2.04. The molecule has 0 aliphatic carbocycles. The van der Waals surface area contributed by atoms with Crippen molar-refractivity contribution >= 4 is 35.9 Å². The number of esters is 1. The third-order valence-electron chi connectivity index (χ3n) is 3.71. The van der Waals surface area contributed by atoms with Gasteiger partial charge in [0.25, 0.3) is 0 Å². The molecular weight excluding hydrogens is 429 g/mol. The molecule has 0 unspecified atom stereocenters. The Morgan fingerprint density at radius 1 is 1.08 bits per heavy atom. The molecule has 0 amide bonds. The Morgan fingerprint density at radius 3 is 2.40 bits per heavy atom. The fourth-order valence-corrected chi connectivity index (χ4v) is 2.30. The minimum atomic E-state index is -0.0867. The molecule has 0 aliphatic heterocycles. The number of hydrogen-bond acceptors (Lipinski definition) is 3. The Hall–Kier alpha value is -1.31. The van der Waals surface area contributed by atoms with E-state index >= 15 is 0 Å². The predicted molar refractivity (Wildman–Crippen MR) is 115 cm³/mol. The van der Waals surface area contributed by atoms with Gasteiger partial charge in [-0.1, -0.05) is 42.7 Å². The van der Waals surface area contributed by atoms with Crippen LogP contribution in [0.1, 0.15) is 50.2 Å². The van der Waals surface area contributed by atoms with E-state index in [-0.39, 0.29) is 29.9 Å². The number of carbonyl (C=O) groups excluding carboxylic acids is 1. The molecule has 0 saturated heterocycles. The van der Waals surface area contributed by atoms with Gasteiger partial charge >= 0.3 is 5.97 Å². The summed E-state index contributed by atoms with van der Waals surface area (Å²) in [6, 6.07) is 8.48. The van der Waals surface area contributed by atoms with Crippen LogP contribution in [0.5, 0.6) is 0 Å². The fraction of sp³-hybridized carbons (Fsp3) is 0.579. The summed E-state index contributed by atoms with van der Waals surface area (Å²) in [7, 11) is 1.78. The summed E-state index contributed by atoms with van der Waals surface area (Å²) >= 11 is 0. The Labute approximate surface area is 169 Å². The second-order valence-corrected chi connectivity index (χ2v) is 5.81. The quantitative estimate of drug-likeness (QED) is 0.183. The van der Waals surface area contributed by atoms with Gasteiger partial charge in [-0.25, -0.2) is 0 Å². The van der Waals surface area contributed by atoms with Crippen LogP contribution in [0.3, 0.4) is 0 Å². The third kappa shape index (κ3) is 11.8. The Bertz CT molecular complexity index is 504. The first-order chi connectivity index (χ1) is 11.7. The number of halogens is 1. The van der Waals surface area contributed by atoms with Crippen LogP contribution in [-0.2, 0) is 16.1 Å². The number of hydrogen-bond donors (Lipinski definition) is 2. The van der Waals surface area contributed by atoms with Crippen LogP contribution in [0, 0.1) is 6.92 Å². The average molecular weight is 461 g/mol. The topological polar surface area (TPSA) is 62.7 Å². The molecule has 1 rings (SSSR count). The van der Waals surface area contributed by atoms with Crippen LogP contribution in [0.4, 0.5) is 0 Å². The van der Waals surface area contributed by atoms with Crippen molar-refractivity contribution in [3.05, 3.63) is 35.4 Å². The van der Waals surface area contributed by atoms with Crippen LogP contribution in [0.2, 0.25) is 0 Å². The maximum Gasteiger partial charge on any atom is 0.305 e. The molecule has 0 heterocycles. The maximum absolute atomic E-state index is 11.2. The lowest BCUT2D eigenvalue weighted by Crippen LogP contribution is -2.37. The lowest BCUT2D eigenvalue weighted by Gasteiger charge is -2.12. The van der Waals surface area contributed by atoms with Crippen molar-refractivity contribution in [3.63, 3.8) is 0 Å². The summed E-state index contributed by atoms with van der Waals surface area (Å²) in [5, 5.41) is 6.63. The van der Waals surface area contributed by atoms with Crippen molar-refractivity contribution < 1.29 is 9.53 Å². The third-order valence-corrected chi connectivity index (χ3v) is 3.71. The first-order valence-corrected chi connectivity index (χ1v) is 8.81. The molecule has 142 valence electrons. The minimum Gasteiger partial charge on any atom is -0.466 e. The smallest absolute Gasteiger partial charge is 0.305 e. The van der Waals surface area contributed by atoms with Gasteiger partial charge in [0.1, 0.15) is 0 Å². The van der Waals surface area contributed by atoms with E-state index in [9.17, 15) is 4.79 Å². The van der Waals surface area contributed by atoms with Gasteiger partial charge in [-0.3, -0.25) is 9.79 Å². The lowest BCUT2D eigenvalue weighted by atomic mass is 10.1. The van der Waals surface area contributed by atoms with E-state index in [0.29, 0.717) is 13.0 Å². The van der Waals surface area contributed by atoms with Crippen LogP contribution < -0.4 is 10.6 Å². The second-order valence-electron chi connectivity index (χ2n) is 5.81. The molecule has 6 heteroatoms. The zero-order valence-corrected chi connectivity index (χ0v) is 18.0. The number of rotatable bonds is 10. The normalized spacial score (nSPS) is 10.8. The Morgan fingerprint density at radius 2 is 1.76 bits per heavy atom. The largest absolute Gasteiger partial charge is 0.466 e. The van der Waals surface area contributed by atoms with E-state index < -0.39 is 0 Å². The van der Waals surface area contributed by atoms with E-state index in [0.717, 1.165) is 44.7 Å². The molecule has 25 heavy (non-hydrogen) atoms. The molecular formula is C19H32IN3O2. The molecule has 0 spiro atoms. The second kappa shape index (κ2) is 15.0. The number of carbonyl (C=O) groups is 1. The van der Waals surface area contributed by atoms with Gasteiger partial charge in [0.05, 0.1) is 6.61 Å². The van der Waals surface area contributed by atoms with E-state index in [1.807, 2.05) is 6.92 Å². The first kappa shape index (κ1) is 23.7. The lowest BCUT2D eigenvalue weighted by molar-refractivity contribution is -0.143. The molecule has 1 aromatic rings. The standard InChI is InChI=1S/C19H31N3O2.HI/c1-4-24-18(23)9-7-5-6-8-14-21-19(20-3)22-15-17-12-10-16(2)11-13-17;/h10-13H,4-9,14-15H2,1-3H3,(H2,20,21,22);1H. The monoisotopic (exact) mass is 461 g/mol. The highest BCUT2D eigenvalue weighted by molar-refractivity contribution is 14.0. The maximum atomic E-state index is 11.2. The van der Waals surface area contributed by atoms with E-state index in [1.165, 1.54) is 11.1 Å². The number of nitrogens with zero attached hydrogens (tertiary/aromatic N) is 1. The van der Waals surface area contributed by atoms with Gasteiger partial charge in [0.15, 0.2) is 5.96 Å². The molecule has 0 aliphatic rings. The summed E-state index contributed by atoms with van der Waals surface area (Å²) in [5.41, 5.74) is 2.51. The van der Waals surface area contributed by atoms with Crippen molar-refractivity contribution in [1.29, 1.82) is 0 Å². The zero-order valence-electron chi connectivity index (χ0n) is 15.6.